The molecule has 0 radical (unpaired) electrons. The maximum Gasteiger partial charge on any atom is 0.311 e. The lowest BCUT2D eigenvalue weighted by Gasteiger charge is -2.37. The molecule has 0 bridgehead atoms. The molecule has 2 aliphatic heterocycles. The Labute approximate surface area is 106 Å². The van der Waals surface area contributed by atoms with Crippen molar-refractivity contribution in [3.05, 3.63) is 0 Å². The number of nitrogens with zero attached hydrogens (tertiary/aromatic N) is 1. The van der Waals surface area contributed by atoms with Crippen LogP contribution in [0.25, 0.3) is 0 Å². The molecule has 0 saturated carbocycles. The summed E-state index contributed by atoms with van der Waals surface area (Å²) < 4.78 is 11.1. The number of nitrogens with one attached hydrogen (secondary N) is 1. The monoisotopic (exact) mass is 257 g/mol. The van der Waals surface area contributed by atoms with Gasteiger partial charge in [0.2, 0.25) is 0 Å². The van der Waals surface area contributed by atoms with Gasteiger partial charge < -0.3 is 25.4 Å². The largest absolute Gasteiger partial charge is 0.347 e. The Morgan fingerprint density at radius 3 is 2.39 bits per heavy atom. The number of rotatable bonds is 2. The summed E-state index contributed by atoms with van der Waals surface area (Å²) in [4.78, 5) is 24.8. The third-order valence-corrected chi connectivity index (χ3v) is 3.25. The van der Waals surface area contributed by atoms with Crippen LogP contribution in [0.1, 0.15) is 12.8 Å². The molecule has 0 unspecified atom stereocenters. The second-order valence-electron chi connectivity index (χ2n) is 4.44. The molecule has 18 heavy (non-hydrogen) atoms. The minimum Gasteiger partial charge on any atom is -0.347 e. The van der Waals surface area contributed by atoms with E-state index in [0.717, 1.165) is 0 Å². The van der Waals surface area contributed by atoms with Gasteiger partial charge in [0.1, 0.15) is 0 Å². The van der Waals surface area contributed by atoms with Gasteiger partial charge in [0, 0.05) is 39.0 Å². The molecule has 0 aliphatic carbocycles. The summed E-state index contributed by atoms with van der Waals surface area (Å²) >= 11 is 0. The average Bonchev–Trinajstić information content (AvgIpc) is 2.84. The second kappa shape index (κ2) is 5.64. The zero-order chi connectivity index (χ0) is 13.0. The summed E-state index contributed by atoms with van der Waals surface area (Å²) in [6.45, 7) is 2.80. The lowest BCUT2D eigenvalue weighted by atomic mass is 10.0. The molecule has 0 aromatic carbocycles. The fourth-order valence-corrected chi connectivity index (χ4v) is 2.24. The van der Waals surface area contributed by atoms with Crippen LogP contribution in [0.3, 0.4) is 0 Å². The zero-order valence-corrected chi connectivity index (χ0v) is 10.3. The molecule has 1 spiro atoms. The van der Waals surface area contributed by atoms with Crippen molar-refractivity contribution in [3.63, 3.8) is 0 Å². The lowest BCUT2D eigenvalue weighted by molar-refractivity contribution is -0.188. The number of carbonyl (C=O) groups is 2. The predicted octanol–water partition coefficient (Wildman–Crippen LogP) is -1.57. The summed E-state index contributed by atoms with van der Waals surface area (Å²) in [6, 6.07) is 0. The van der Waals surface area contributed by atoms with E-state index in [1.807, 2.05) is 0 Å². The molecule has 2 amide bonds. The number of likely N-dealkylation sites (tertiary alicyclic amines) is 1. The van der Waals surface area contributed by atoms with Crippen molar-refractivity contribution in [1.29, 1.82) is 0 Å². The highest BCUT2D eigenvalue weighted by molar-refractivity contribution is 6.35. The van der Waals surface area contributed by atoms with Crippen molar-refractivity contribution in [2.75, 3.05) is 39.4 Å². The first-order chi connectivity index (χ1) is 8.67. The Bertz CT molecular complexity index is 318. The first-order valence-corrected chi connectivity index (χ1v) is 6.22. The van der Waals surface area contributed by atoms with Crippen molar-refractivity contribution in [1.82, 2.24) is 10.2 Å². The highest BCUT2D eigenvalue weighted by Gasteiger charge is 2.41. The first-order valence-electron chi connectivity index (χ1n) is 6.22. The lowest BCUT2D eigenvalue weighted by Crippen LogP contribution is -2.51. The molecule has 7 nitrogen and oxygen atoms in total. The van der Waals surface area contributed by atoms with Crippen molar-refractivity contribution < 1.29 is 19.1 Å². The molecule has 0 aromatic heterocycles. The Balaban J connectivity index is 1.81. The van der Waals surface area contributed by atoms with Crippen LogP contribution in [0.5, 0.6) is 0 Å². The van der Waals surface area contributed by atoms with Gasteiger partial charge in [0.25, 0.3) is 0 Å². The molecule has 2 rings (SSSR count). The number of nitrogens with two attached hydrogens (primary N) is 1. The van der Waals surface area contributed by atoms with E-state index < -0.39 is 17.6 Å². The number of amides is 2. The van der Waals surface area contributed by atoms with E-state index >= 15 is 0 Å². The molecule has 2 heterocycles. The number of hydrogen-bond acceptors (Lipinski definition) is 5. The average molecular weight is 257 g/mol. The molecule has 2 saturated heterocycles. The standard InChI is InChI=1S/C11H19N3O4/c12-3-4-13-9(15)10(16)14-5-1-11(2-6-14)17-7-8-18-11/h1-8,12H2,(H,13,15). The Morgan fingerprint density at radius 2 is 1.83 bits per heavy atom. The van der Waals surface area contributed by atoms with Crippen LogP contribution in [-0.4, -0.2) is 61.9 Å². The fourth-order valence-electron chi connectivity index (χ4n) is 2.24. The third kappa shape index (κ3) is 2.80. The van der Waals surface area contributed by atoms with Crippen LogP contribution >= 0.6 is 0 Å². The van der Waals surface area contributed by atoms with Crippen LogP contribution in [0.2, 0.25) is 0 Å². The summed E-state index contributed by atoms with van der Waals surface area (Å²) in [5, 5.41) is 2.47. The van der Waals surface area contributed by atoms with E-state index in [0.29, 0.717) is 52.2 Å². The summed E-state index contributed by atoms with van der Waals surface area (Å²) in [5.41, 5.74) is 5.26. The van der Waals surface area contributed by atoms with Crippen LogP contribution < -0.4 is 11.1 Å². The normalized spacial score (nSPS) is 22.2. The Hall–Kier alpha value is -1.18. The number of piperidine rings is 1. The Morgan fingerprint density at radius 1 is 1.22 bits per heavy atom. The van der Waals surface area contributed by atoms with Gasteiger partial charge in [0.05, 0.1) is 13.2 Å². The summed E-state index contributed by atoms with van der Waals surface area (Å²) in [5.74, 6) is -1.62. The molecule has 3 N–H and O–H groups in total. The predicted molar refractivity (Wildman–Crippen MR) is 62.5 cm³/mol. The summed E-state index contributed by atoms with van der Waals surface area (Å²) in [7, 11) is 0. The van der Waals surface area contributed by atoms with Gasteiger partial charge >= 0.3 is 11.8 Å². The van der Waals surface area contributed by atoms with Crippen LogP contribution in [0.15, 0.2) is 0 Å². The quantitative estimate of drug-likeness (QED) is 0.583. The SMILES string of the molecule is NCCNC(=O)C(=O)N1CCC2(CC1)OCCO2. The van der Waals surface area contributed by atoms with E-state index in [1.165, 1.54) is 4.90 Å². The van der Waals surface area contributed by atoms with Crippen molar-refractivity contribution in [3.8, 4) is 0 Å². The number of ether oxygens (including phenoxy) is 2. The van der Waals surface area contributed by atoms with Gasteiger partial charge in [-0.1, -0.05) is 0 Å². The van der Waals surface area contributed by atoms with E-state index in [9.17, 15) is 9.59 Å². The molecule has 2 fully saturated rings. The van der Waals surface area contributed by atoms with Gasteiger partial charge in [0.15, 0.2) is 5.79 Å². The van der Waals surface area contributed by atoms with E-state index in [2.05, 4.69) is 5.32 Å². The van der Waals surface area contributed by atoms with E-state index in [-0.39, 0.29) is 0 Å². The van der Waals surface area contributed by atoms with Crippen LogP contribution in [-0.2, 0) is 19.1 Å². The van der Waals surface area contributed by atoms with Gasteiger partial charge in [-0.3, -0.25) is 9.59 Å². The maximum atomic E-state index is 11.8. The second-order valence-corrected chi connectivity index (χ2v) is 4.44. The van der Waals surface area contributed by atoms with E-state index in [1.54, 1.807) is 0 Å². The van der Waals surface area contributed by atoms with Gasteiger partial charge in [-0.2, -0.15) is 0 Å². The summed E-state index contributed by atoms with van der Waals surface area (Å²) in [6.07, 6.45) is 1.23. The van der Waals surface area contributed by atoms with Crippen molar-refractivity contribution >= 4 is 11.8 Å². The van der Waals surface area contributed by atoms with E-state index in [4.69, 9.17) is 15.2 Å². The third-order valence-electron chi connectivity index (χ3n) is 3.25. The number of carbonyl (C=O) groups excluding carboxylic acids is 2. The molecule has 0 aromatic rings. The van der Waals surface area contributed by atoms with Crippen molar-refractivity contribution in [2.45, 2.75) is 18.6 Å². The van der Waals surface area contributed by atoms with Gasteiger partial charge in [-0.25, -0.2) is 0 Å². The van der Waals surface area contributed by atoms with Crippen molar-refractivity contribution in [2.24, 2.45) is 5.73 Å². The maximum absolute atomic E-state index is 11.8. The number of hydrogen-bond donors (Lipinski definition) is 2. The molecule has 0 atom stereocenters. The minimum absolute atomic E-state index is 0.314. The van der Waals surface area contributed by atoms with Gasteiger partial charge in [-0.05, 0) is 0 Å². The first kappa shape index (κ1) is 13.3. The molecular weight excluding hydrogens is 238 g/mol. The van der Waals surface area contributed by atoms with Crippen LogP contribution in [0.4, 0.5) is 0 Å². The molecule has 102 valence electrons. The van der Waals surface area contributed by atoms with Gasteiger partial charge in [-0.15, -0.1) is 0 Å². The molecular formula is C11H19N3O4. The molecule has 2 aliphatic rings. The highest BCUT2D eigenvalue weighted by Crippen LogP contribution is 2.31. The zero-order valence-electron chi connectivity index (χ0n) is 10.3. The highest BCUT2D eigenvalue weighted by atomic mass is 16.7. The topological polar surface area (TPSA) is 93.9 Å². The fraction of sp³-hybridized carbons (Fsp3) is 0.818. The smallest absolute Gasteiger partial charge is 0.311 e. The van der Waals surface area contributed by atoms with Crippen LogP contribution in [0, 0.1) is 0 Å². The molecule has 7 heteroatoms. The Kier molecular flexibility index (Phi) is 4.15. The minimum atomic E-state index is -0.593.